The Morgan fingerprint density at radius 3 is 2.15 bits per heavy atom. The number of ketones is 1. The number of carbonyl (C=O) groups excluding carboxylic acids is 1. The monoisotopic (exact) mass is 442 g/mol. The van der Waals surface area contributed by atoms with Crippen LogP contribution in [0.3, 0.4) is 0 Å². The van der Waals surface area contributed by atoms with Gasteiger partial charge in [-0.15, -0.1) is 5.10 Å². The number of aromatic nitrogens is 4. The van der Waals surface area contributed by atoms with Gasteiger partial charge in [0, 0.05) is 11.6 Å². The van der Waals surface area contributed by atoms with Crippen molar-refractivity contribution in [2.75, 3.05) is 0 Å². The third-order valence-electron chi connectivity index (χ3n) is 5.79. The van der Waals surface area contributed by atoms with Crippen LogP contribution in [0.25, 0.3) is 33.5 Å². The van der Waals surface area contributed by atoms with Crippen molar-refractivity contribution < 1.29 is 4.79 Å². The number of nitrogens with zero attached hydrogens (tertiary/aromatic N) is 4. The topological polar surface area (TPSA) is 69.3 Å². The zero-order valence-electron chi connectivity index (χ0n) is 18.0. The van der Waals surface area contributed by atoms with Crippen molar-refractivity contribution in [3.8, 4) is 16.9 Å². The summed E-state index contributed by atoms with van der Waals surface area (Å²) in [6.45, 7) is 0. The summed E-state index contributed by atoms with van der Waals surface area (Å²) < 4.78 is 3.21. The number of para-hydroxylation sites is 1. The van der Waals surface area contributed by atoms with Crippen LogP contribution in [0.4, 0.5) is 0 Å². The minimum absolute atomic E-state index is 0.181. The molecule has 6 heteroatoms. The molecule has 0 atom stereocenters. The van der Waals surface area contributed by atoms with E-state index in [9.17, 15) is 9.59 Å². The van der Waals surface area contributed by atoms with Crippen molar-refractivity contribution in [2.45, 2.75) is 0 Å². The Morgan fingerprint density at radius 1 is 0.706 bits per heavy atom. The van der Waals surface area contributed by atoms with E-state index in [0.29, 0.717) is 16.9 Å². The fourth-order valence-electron chi connectivity index (χ4n) is 4.18. The first-order chi connectivity index (χ1) is 16.7. The molecule has 2 heterocycles. The molecule has 0 saturated carbocycles. The van der Waals surface area contributed by atoms with Crippen LogP contribution in [-0.2, 0) is 0 Å². The molecule has 0 spiro atoms. The van der Waals surface area contributed by atoms with Gasteiger partial charge < -0.3 is 0 Å². The fraction of sp³-hybridized carbons (Fsp3) is 0. The van der Waals surface area contributed by atoms with E-state index in [1.807, 2.05) is 97.1 Å². The van der Waals surface area contributed by atoms with E-state index in [4.69, 9.17) is 0 Å². The highest BCUT2D eigenvalue weighted by Gasteiger charge is 2.23. The molecule has 4 aromatic carbocycles. The normalized spacial score (nSPS) is 11.2. The molecule has 6 aromatic rings. The van der Waals surface area contributed by atoms with Gasteiger partial charge in [0.15, 0.2) is 0 Å². The molecule has 0 aliphatic rings. The first kappa shape index (κ1) is 19.8. The summed E-state index contributed by atoms with van der Waals surface area (Å²) in [5, 5.41) is 6.69. The zero-order chi connectivity index (χ0) is 23.1. The van der Waals surface area contributed by atoms with E-state index in [0.717, 1.165) is 16.3 Å². The fourth-order valence-corrected chi connectivity index (χ4v) is 4.18. The maximum atomic E-state index is 13.8. The second kappa shape index (κ2) is 7.94. The van der Waals surface area contributed by atoms with Crippen LogP contribution < -0.4 is 5.56 Å². The second-order valence-electron chi connectivity index (χ2n) is 7.94. The molecule has 0 saturated heterocycles. The van der Waals surface area contributed by atoms with Gasteiger partial charge in [0.1, 0.15) is 0 Å². The van der Waals surface area contributed by atoms with Crippen LogP contribution in [0.2, 0.25) is 0 Å². The Hall–Kier alpha value is -4.84. The zero-order valence-corrected chi connectivity index (χ0v) is 18.0. The van der Waals surface area contributed by atoms with Crippen LogP contribution >= 0.6 is 0 Å². The molecular formula is C28H18N4O2. The molecule has 2 aromatic heterocycles. The first-order valence-electron chi connectivity index (χ1n) is 10.9. The van der Waals surface area contributed by atoms with Gasteiger partial charge in [-0.2, -0.15) is 9.67 Å². The Bertz CT molecular complexity index is 1740. The van der Waals surface area contributed by atoms with Gasteiger partial charge in [-0.1, -0.05) is 84.9 Å². The summed E-state index contributed by atoms with van der Waals surface area (Å²) in [6, 6.07) is 33.7. The van der Waals surface area contributed by atoms with Gasteiger partial charge in [0.25, 0.3) is 5.56 Å². The predicted molar refractivity (Wildman–Crippen MR) is 131 cm³/mol. The SMILES string of the molecule is O=C(c1ccc2ccccc2c1)c1nn(-c2ccccc2)c2nc(=O)cc(-c3ccccc3)n12. The molecule has 0 aliphatic heterocycles. The Kier molecular flexibility index (Phi) is 4.63. The molecule has 0 amide bonds. The average molecular weight is 442 g/mol. The van der Waals surface area contributed by atoms with Crippen molar-refractivity contribution in [1.29, 1.82) is 0 Å². The highest BCUT2D eigenvalue weighted by molar-refractivity contribution is 6.09. The molecule has 0 bridgehead atoms. The summed E-state index contributed by atoms with van der Waals surface area (Å²) in [5.41, 5.74) is 2.16. The molecule has 162 valence electrons. The summed E-state index contributed by atoms with van der Waals surface area (Å²) in [5.74, 6) is 0.204. The van der Waals surface area contributed by atoms with Crippen LogP contribution in [-0.4, -0.2) is 24.9 Å². The molecule has 0 fully saturated rings. The third-order valence-corrected chi connectivity index (χ3v) is 5.79. The minimum atomic E-state index is -0.402. The Labute approximate surface area is 194 Å². The van der Waals surface area contributed by atoms with Gasteiger partial charge in [-0.05, 0) is 34.5 Å². The summed E-state index contributed by atoms with van der Waals surface area (Å²) in [6.07, 6.45) is 0. The van der Waals surface area contributed by atoms with Gasteiger partial charge in [0.05, 0.1) is 11.4 Å². The third kappa shape index (κ3) is 3.29. The number of fused-ring (bicyclic) bond motifs is 2. The van der Waals surface area contributed by atoms with E-state index < -0.39 is 5.56 Å². The predicted octanol–water partition coefficient (Wildman–Crippen LogP) is 4.93. The minimum Gasteiger partial charge on any atom is -0.285 e. The van der Waals surface area contributed by atoms with E-state index >= 15 is 0 Å². The van der Waals surface area contributed by atoms with Crippen molar-refractivity contribution in [2.24, 2.45) is 0 Å². The second-order valence-corrected chi connectivity index (χ2v) is 7.94. The summed E-state index contributed by atoms with van der Waals surface area (Å²) >= 11 is 0. The van der Waals surface area contributed by atoms with E-state index in [2.05, 4.69) is 10.1 Å². The van der Waals surface area contributed by atoms with Gasteiger partial charge in [-0.3, -0.25) is 14.0 Å². The van der Waals surface area contributed by atoms with Crippen LogP contribution in [0.1, 0.15) is 16.2 Å². The van der Waals surface area contributed by atoms with Gasteiger partial charge in [0.2, 0.25) is 17.4 Å². The van der Waals surface area contributed by atoms with E-state index in [1.54, 1.807) is 15.1 Å². The van der Waals surface area contributed by atoms with E-state index in [1.165, 1.54) is 6.07 Å². The van der Waals surface area contributed by atoms with Gasteiger partial charge >= 0.3 is 0 Å². The number of rotatable bonds is 4. The smallest absolute Gasteiger partial charge is 0.275 e. The van der Waals surface area contributed by atoms with Crippen molar-refractivity contribution in [3.05, 3.63) is 131 Å². The number of hydrogen-bond acceptors (Lipinski definition) is 4. The van der Waals surface area contributed by atoms with Crippen molar-refractivity contribution >= 4 is 22.3 Å². The standard InChI is InChI=1S/C28H18N4O2/c33-25-18-24(20-10-3-1-4-11-20)31-27(30-32(28(31)29-25)23-13-5-2-6-14-23)26(34)22-16-15-19-9-7-8-12-21(19)17-22/h1-18H. The van der Waals surface area contributed by atoms with Crippen LogP contribution in [0.15, 0.2) is 114 Å². The lowest BCUT2D eigenvalue weighted by molar-refractivity contribution is 0.102. The Balaban J connectivity index is 1.65. The summed E-state index contributed by atoms with van der Waals surface area (Å²) in [4.78, 5) is 30.7. The molecule has 0 N–H and O–H groups in total. The Morgan fingerprint density at radius 2 is 1.38 bits per heavy atom. The molecule has 0 aliphatic carbocycles. The lowest BCUT2D eigenvalue weighted by atomic mass is 10.0. The van der Waals surface area contributed by atoms with E-state index in [-0.39, 0.29) is 17.4 Å². The van der Waals surface area contributed by atoms with Crippen molar-refractivity contribution in [3.63, 3.8) is 0 Å². The lowest BCUT2D eigenvalue weighted by Crippen LogP contribution is -2.14. The van der Waals surface area contributed by atoms with Crippen LogP contribution in [0, 0.1) is 0 Å². The highest BCUT2D eigenvalue weighted by atomic mass is 16.1. The number of benzene rings is 4. The lowest BCUT2D eigenvalue weighted by Gasteiger charge is -2.08. The first-order valence-corrected chi connectivity index (χ1v) is 10.9. The number of carbonyl (C=O) groups is 1. The van der Waals surface area contributed by atoms with Crippen molar-refractivity contribution in [1.82, 2.24) is 19.2 Å². The number of hydrogen-bond donors (Lipinski definition) is 0. The van der Waals surface area contributed by atoms with Crippen LogP contribution in [0.5, 0.6) is 0 Å². The summed E-state index contributed by atoms with van der Waals surface area (Å²) in [7, 11) is 0. The molecule has 6 nitrogen and oxygen atoms in total. The molecule has 34 heavy (non-hydrogen) atoms. The molecule has 6 rings (SSSR count). The van der Waals surface area contributed by atoms with Gasteiger partial charge in [-0.25, -0.2) is 0 Å². The maximum absolute atomic E-state index is 13.8. The quantitative estimate of drug-likeness (QED) is 0.363. The molecular weight excluding hydrogens is 424 g/mol. The molecule has 0 radical (unpaired) electrons. The molecule has 0 unspecified atom stereocenters. The largest absolute Gasteiger partial charge is 0.285 e. The maximum Gasteiger partial charge on any atom is 0.275 e. The highest BCUT2D eigenvalue weighted by Crippen LogP contribution is 2.24. The average Bonchev–Trinajstić information content (AvgIpc) is 3.28.